The highest BCUT2D eigenvalue weighted by molar-refractivity contribution is 6.26. The van der Waals surface area contributed by atoms with Crippen LogP contribution in [-0.4, -0.2) is 87.3 Å². The Bertz CT molecular complexity index is 1440. The lowest BCUT2D eigenvalue weighted by Crippen LogP contribution is -2.73. The normalized spacial score (nSPS) is 47.0. The predicted molar refractivity (Wildman–Crippen MR) is 136 cm³/mol. The smallest absolute Gasteiger partial charge is 0.201 e. The fourth-order valence-electron chi connectivity index (χ4n) is 8.27. The fraction of sp³-hybridized carbons (Fsp3) is 0.600. The zero-order chi connectivity index (χ0) is 28.8. The van der Waals surface area contributed by atoms with E-state index in [-0.39, 0.29) is 16.7 Å². The Hall–Kier alpha value is -2.76. The number of fused-ring (bicyclic) bond motifs is 3. The summed E-state index contributed by atoms with van der Waals surface area (Å²) in [5, 5.41) is 22.0. The molecule has 2 bridgehead atoms. The standard InChI is InChI=1S/C30H32O10/c1-10(2)7-15(31)29-22(34)14-9-37-13(6)20-17-12(5)38-25(28(14,20)24(36)27(29)40-29)19-18(17)21(33)26-30(39-26,23(19)35)16(32)8-11(3)4/h7-9,12-13,15-17,20,25-27,31-32H,1-6H3/t12-,13-,15+,16+,17+,20-,25-,26+,27+,28-,29+,30+/m0/s1. The van der Waals surface area contributed by atoms with Crippen LogP contribution in [0.5, 0.6) is 0 Å². The molecule has 212 valence electrons. The number of Topliss-reactive ketones (excluding diaryl/α,β-unsaturated/α-hetero) is 4. The van der Waals surface area contributed by atoms with E-state index in [0.29, 0.717) is 0 Å². The Morgan fingerprint density at radius 3 is 2.00 bits per heavy atom. The van der Waals surface area contributed by atoms with Crippen LogP contribution in [-0.2, 0) is 38.1 Å². The van der Waals surface area contributed by atoms with Crippen molar-refractivity contribution < 1.29 is 48.3 Å². The van der Waals surface area contributed by atoms with Gasteiger partial charge in [-0.1, -0.05) is 23.3 Å². The van der Waals surface area contributed by atoms with Crippen LogP contribution < -0.4 is 0 Å². The lowest BCUT2D eigenvalue weighted by molar-refractivity contribution is -0.205. The molecule has 0 aromatic rings. The first-order chi connectivity index (χ1) is 18.8. The van der Waals surface area contributed by atoms with Gasteiger partial charge in [0.25, 0.3) is 0 Å². The number of allylic oxidation sites excluding steroid dienone is 2. The van der Waals surface area contributed by atoms with Crippen LogP contribution in [0.15, 0.2) is 46.3 Å². The van der Waals surface area contributed by atoms with Gasteiger partial charge < -0.3 is 29.2 Å². The molecule has 0 radical (unpaired) electrons. The van der Waals surface area contributed by atoms with E-state index in [9.17, 15) is 29.4 Å². The molecule has 3 saturated heterocycles. The Labute approximate surface area is 230 Å². The predicted octanol–water partition coefficient (Wildman–Crippen LogP) is 0.838. The molecule has 40 heavy (non-hydrogen) atoms. The van der Waals surface area contributed by atoms with E-state index in [2.05, 4.69) is 0 Å². The van der Waals surface area contributed by atoms with Gasteiger partial charge in [0, 0.05) is 23.0 Å². The highest BCUT2D eigenvalue weighted by Gasteiger charge is 2.86. The van der Waals surface area contributed by atoms with Gasteiger partial charge in [0.2, 0.25) is 5.78 Å². The minimum Gasteiger partial charge on any atom is -0.498 e. The van der Waals surface area contributed by atoms with Crippen molar-refractivity contribution in [1.82, 2.24) is 0 Å². The molecule has 0 aromatic heterocycles. The van der Waals surface area contributed by atoms with Crippen molar-refractivity contribution in [2.75, 3.05) is 0 Å². The van der Waals surface area contributed by atoms with Gasteiger partial charge in [0.15, 0.2) is 40.8 Å². The summed E-state index contributed by atoms with van der Waals surface area (Å²) in [4.78, 5) is 56.9. The Morgan fingerprint density at radius 1 is 0.825 bits per heavy atom. The van der Waals surface area contributed by atoms with E-state index in [4.69, 9.17) is 18.9 Å². The molecule has 1 saturated carbocycles. The molecule has 2 N–H and O–H groups in total. The van der Waals surface area contributed by atoms with E-state index in [1.54, 1.807) is 41.5 Å². The van der Waals surface area contributed by atoms with Crippen LogP contribution in [0.1, 0.15) is 41.5 Å². The second-order valence-electron chi connectivity index (χ2n) is 12.7. The van der Waals surface area contributed by atoms with Crippen molar-refractivity contribution in [2.24, 2.45) is 17.3 Å². The van der Waals surface area contributed by atoms with Gasteiger partial charge in [0.1, 0.15) is 23.7 Å². The summed E-state index contributed by atoms with van der Waals surface area (Å²) in [7, 11) is 0. The van der Waals surface area contributed by atoms with Gasteiger partial charge in [-0.05, 0) is 41.5 Å². The number of aliphatic hydroxyl groups excluding tert-OH is 2. The molecule has 1 spiro atoms. The number of epoxide rings is 2. The number of aliphatic hydroxyl groups is 2. The van der Waals surface area contributed by atoms with E-state index in [0.717, 1.165) is 11.1 Å². The lowest BCUT2D eigenvalue weighted by atomic mass is 9.44. The van der Waals surface area contributed by atoms with Crippen LogP contribution in [0.4, 0.5) is 0 Å². The van der Waals surface area contributed by atoms with Crippen molar-refractivity contribution >= 4 is 23.1 Å². The zero-order valence-corrected chi connectivity index (χ0v) is 23.1. The third kappa shape index (κ3) is 2.68. The van der Waals surface area contributed by atoms with Gasteiger partial charge in [-0.3, -0.25) is 19.2 Å². The molecule has 0 unspecified atom stereocenters. The van der Waals surface area contributed by atoms with Crippen LogP contribution in [0, 0.1) is 17.3 Å². The highest BCUT2D eigenvalue weighted by atomic mass is 16.6. The van der Waals surface area contributed by atoms with Crippen molar-refractivity contribution in [1.29, 1.82) is 0 Å². The summed E-state index contributed by atoms with van der Waals surface area (Å²) in [6, 6.07) is 0. The highest BCUT2D eigenvalue weighted by Crippen LogP contribution is 2.69. The fourth-order valence-corrected chi connectivity index (χ4v) is 8.27. The summed E-state index contributed by atoms with van der Waals surface area (Å²) in [6.07, 6.45) is -3.41. The quantitative estimate of drug-likeness (QED) is 0.379. The van der Waals surface area contributed by atoms with Crippen molar-refractivity contribution in [3.63, 3.8) is 0 Å². The Morgan fingerprint density at radius 2 is 1.40 bits per heavy atom. The van der Waals surface area contributed by atoms with Crippen molar-refractivity contribution in [2.45, 2.75) is 95.5 Å². The molecule has 0 amide bonds. The summed E-state index contributed by atoms with van der Waals surface area (Å²) in [6.45, 7) is 10.6. The monoisotopic (exact) mass is 552 g/mol. The lowest BCUT2D eigenvalue weighted by Gasteiger charge is -2.62. The van der Waals surface area contributed by atoms with Crippen molar-refractivity contribution in [3.05, 3.63) is 46.3 Å². The first kappa shape index (κ1) is 26.2. The number of ketones is 4. The molecule has 8 rings (SSSR count). The number of carbonyl (C=O) groups is 4. The van der Waals surface area contributed by atoms with Crippen LogP contribution >= 0.6 is 0 Å². The Balaban J connectivity index is 1.42. The molecule has 12 atom stereocenters. The molecule has 0 aromatic carbocycles. The van der Waals surface area contributed by atoms with Gasteiger partial charge in [-0.15, -0.1) is 0 Å². The summed E-state index contributed by atoms with van der Waals surface area (Å²) in [5.74, 6) is -3.55. The SMILES string of the molecule is CC(C)=C[C@@H](O)[C@]12O[C@@H]1C(=O)C1=C(C2=O)[C@@H]2O[C@@H](C)[C@H]1[C@@H]1[C@H](C)OC=C3C(=O)[C@@]4([C@H](O)C=C(C)C)O[C@@H]4C(=O)[C@]312. The largest absolute Gasteiger partial charge is 0.498 e. The van der Waals surface area contributed by atoms with Gasteiger partial charge in [-0.25, -0.2) is 0 Å². The number of ether oxygens (including phenoxy) is 4. The maximum absolute atomic E-state index is 14.6. The average Bonchev–Trinajstić information content (AvgIpc) is 3.78. The van der Waals surface area contributed by atoms with Crippen LogP contribution in [0.3, 0.4) is 0 Å². The first-order valence-corrected chi connectivity index (χ1v) is 13.7. The molecule has 4 fully saturated rings. The topological polar surface area (TPSA) is 152 Å². The summed E-state index contributed by atoms with van der Waals surface area (Å²) >= 11 is 0. The van der Waals surface area contributed by atoms with Crippen LogP contribution in [0.25, 0.3) is 0 Å². The number of hydrogen-bond donors (Lipinski definition) is 2. The molecule has 5 heterocycles. The number of carbonyl (C=O) groups excluding carboxylic acids is 4. The summed E-state index contributed by atoms with van der Waals surface area (Å²) < 4.78 is 23.8. The molecule has 10 heteroatoms. The molecule has 10 nitrogen and oxygen atoms in total. The Kier molecular flexibility index (Phi) is 5.06. The maximum atomic E-state index is 14.6. The third-order valence-electron chi connectivity index (χ3n) is 9.92. The molecule has 8 aliphatic rings. The average molecular weight is 553 g/mol. The minimum atomic E-state index is -1.80. The second kappa shape index (κ2) is 7.74. The minimum absolute atomic E-state index is 0.0153. The number of hydrogen-bond acceptors (Lipinski definition) is 10. The molecule has 3 aliphatic carbocycles. The van der Waals surface area contributed by atoms with Crippen molar-refractivity contribution in [3.8, 4) is 0 Å². The molecular weight excluding hydrogens is 520 g/mol. The third-order valence-corrected chi connectivity index (χ3v) is 9.92. The first-order valence-electron chi connectivity index (χ1n) is 13.7. The van der Waals surface area contributed by atoms with Gasteiger partial charge >= 0.3 is 0 Å². The molecule has 5 aliphatic heterocycles. The number of rotatable bonds is 4. The van der Waals surface area contributed by atoms with Crippen LogP contribution in [0.2, 0.25) is 0 Å². The van der Waals surface area contributed by atoms with E-state index >= 15 is 0 Å². The zero-order valence-electron chi connectivity index (χ0n) is 23.1. The van der Waals surface area contributed by atoms with Gasteiger partial charge in [0.05, 0.1) is 24.0 Å². The summed E-state index contributed by atoms with van der Waals surface area (Å²) in [5.41, 5.74) is -3.57. The van der Waals surface area contributed by atoms with Gasteiger partial charge in [-0.2, -0.15) is 0 Å². The van der Waals surface area contributed by atoms with E-state index in [1.807, 2.05) is 0 Å². The van der Waals surface area contributed by atoms with E-state index in [1.165, 1.54) is 18.4 Å². The second-order valence-corrected chi connectivity index (χ2v) is 12.7. The maximum Gasteiger partial charge on any atom is 0.201 e. The molecular formula is C30H32O10. The van der Waals surface area contributed by atoms with E-state index < -0.39 is 94.3 Å².